The molecule has 0 fully saturated rings. The maximum absolute atomic E-state index is 9.77. The highest BCUT2D eigenvalue weighted by Gasteiger charge is 2.08. The van der Waals surface area contributed by atoms with Crippen molar-refractivity contribution in [1.29, 1.82) is 0 Å². The fraction of sp³-hybridized carbons (Fsp3) is 0.500. The molecule has 0 amide bonds. The number of pyridine rings is 1. The molecule has 1 heterocycles. The summed E-state index contributed by atoms with van der Waals surface area (Å²) in [4.78, 5) is 4.00. The molecular formula is C10H15BrN2O. The summed E-state index contributed by atoms with van der Waals surface area (Å²) in [6, 6.07) is 2.25. The van der Waals surface area contributed by atoms with Crippen molar-refractivity contribution in [3.8, 4) is 0 Å². The van der Waals surface area contributed by atoms with Crippen LogP contribution < -0.4 is 5.32 Å². The zero-order valence-corrected chi connectivity index (χ0v) is 9.95. The lowest BCUT2D eigenvalue weighted by atomic mass is 10.1. The minimum absolute atomic E-state index is 0.379. The first-order valence-electron chi connectivity index (χ1n) is 4.61. The van der Waals surface area contributed by atoms with E-state index in [9.17, 15) is 5.11 Å². The van der Waals surface area contributed by atoms with Gasteiger partial charge in [0.2, 0.25) is 0 Å². The molecule has 0 spiro atoms. The van der Waals surface area contributed by atoms with E-state index in [0.717, 1.165) is 10.0 Å². The molecule has 2 N–H and O–H groups in total. The van der Waals surface area contributed by atoms with E-state index in [1.807, 2.05) is 19.9 Å². The number of aromatic nitrogens is 1. The van der Waals surface area contributed by atoms with Crippen molar-refractivity contribution in [2.75, 3.05) is 6.54 Å². The van der Waals surface area contributed by atoms with Gasteiger partial charge in [0.25, 0.3) is 0 Å². The molecule has 4 heteroatoms. The number of hydrogen-bond donors (Lipinski definition) is 2. The number of aliphatic hydroxyl groups is 1. The van der Waals surface area contributed by atoms with E-state index < -0.39 is 6.10 Å². The molecule has 0 aliphatic carbocycles. The lowest BCUT2D eigenvalue weighted by Gasteiger charge is -2.14. The fourth-order valence-corrected chi connectivity index (χ4v) is 1.46. The average Bonchev–Trinajstić information content (AvgIpc) is 2.14. The van der Waals surface area contributed by atoms with Gasteiger partial charge in [-0.3, -0.25) is 4.98 Å². The van der Waals surface area contributed by atoms with E-state index in [-0.39, 0.29) is 0 Å². The van der Waals surface area contributed by atoms with Crippen molar-refractivity contribution in [3.63, 3.8) is 0 Å². The predicted octanol–water partition coefficient (Wildman–Crippen LogP) is 1.88. The summed E-state index contributed by atoms with van der Waals surface area (Å²) in [7, 11) is 0. The third-order valence-corrected chi connectivity index (χ3v) is 2.26. The number of halogens is 1. The van der Waals surface area contributed by atoms with Gasteiger partial charge in [-0.15, -0.1) is 0 Å². The van der Waals surface area contributed by atoms with Crippen molar-refractivity contribution in [2.45, 2.75) is 26.0 Å². The molecule has 0 radical (unpaired) electrons. The molecule has 78 valence electrons. The fourth-order valence-electron chi connectivity index (χ4n) is 1.08. The number of hydrogen-bond acceptors (Lipinski definition) is 3. The second-order valence-electron chi connectivity index (χ2n) is 3.52. The molecule has 14 heavy (non-hydrogen) atoms. The molecule has 1 unspecified atom stereocenters. The summed E-state index contributed by atoms with van der Waals surface area (Å²) < 4.78 is 0.888. The topological polar surface area (TPSA) is 45.1 Å². The molecule has 1 atom stereocenters. The molecule has 0 aromatic carbocycles. The normalized spacial score (nSPS) is 13.2. The van der Waals surface area contributed by atoms with Gasteiger partial charge >= 0.3 is 0 Å². The Balaban J connectivity index is 2.56. The molecule has 1 aromatic heterocycles. The van der Waals surface area contributed by atoms with Crippen LogP contribution >= 0.6 is 15.9 Å². The third-order valence-electron chi connectivity index (χ3n) is 1.83. The second kappa shape index (κ2) is 5.44. The summed E-state index contributed by atoms with van der Waals surface area (Å²) in [5, 5.41) is 12.9. The Morgan fingerprint density at radius 2 is 2.21 bits per heavy atom. The van der Waals surface area contributed by atoms with E-state index in [4.69, 9.17) is 0 Å². The zero-order chi connectivity index (χ0) is 10.6. The third kappa shape index (κ3) is 3.74. The largest absolute Gasteiger partial charge is 0.387 e. The van der Waals surface area contributed by atoms with Crippen LogP contribution in [0, 0.1) is 0 Å². The van der Waals surface area contributed by atoms with Crippen LogP contribution in [-0.4, -0.2) is 22.7 Å². The van der Waals surface area contributed by atoms with Crippen LogP contribution in [0.15, 0.2) is 22.9 Å². The average molecular weight is 259 g/mol. The maximum Gasteiger partial charge on any atom is 0.0929 e. The van der Waals surface area contributed by atoms with E-state index in [1.54, 1.807) is 12.4 Å². The van der Waals surface area contributed by atoms with Crippen LogP contribution in [0.3, 0.4) is 0 Å². The minimum Gasteiger partial charge on any atom is -0.387 e. The first kappa shape index (κ1) is 11.6. The molecular weight excluding hydrogens is 244 g/mol. The van der Waals surface area contributed by atoms with Gasteiger partial charge in [0.05, 0.1) is 6.10 Å². The number of nitrogens with one attached hydrogen (secondary N) is 1. The van der Waals surface area contributed by atoms with Gasteiger partial charge in [0.1, 0.15) is 0 Å². The molecule has 0 saturated carbocycles. The summed E-state index contributed by atoms with van der Waals surface area (Å²) in [5.41, 5.74) is 0.826. The highest BCUT2D eigenvalue weighted by Crippen LogP contribution is 2.15. The maximum atomic E-state index is 9.77. The van der Waals surface area contributed by atoms with Gasteiger partial charge in [-0.25, -0.2) is 0 Å². The quantitative estimate of drug-likeness (QED) is 0.867. The van der Waals surface area contributed by atoms with E-state index in [2.05, 4.69) is 26.2 Å². The van der Waals surface area contributed by atoms with Crippen molar-refractivity contribution in [1.82, 2.24) is 10.3 Å². The Morgan fingerprint density at radius 3 is 2.79 bits per heavy atom. The summed E-state index contributed by atoms with van der Waals surface area (Å²) in [6.07, 6.45) is 2.88. The molecule has 0 aliphatic heterocycles. The summed E-state index contributed by atoms with van der Waals surface area (Å²) in [5.74, 6) is 0. The van der Waals surface area contributed by atoms with E-state index in [1.165, 1.54) is 0 Å². The smallest absolute Gasteiger partial charge is 0.0929 e. The van der Waals surface area contributed by atoms with E-state index in [0.29, 0.717) is 12.6 Å². The predicted molar refractivity (Wildman–Crippen MR) is 60.0 cm³/mol. The molecule has 0 saturated heterocycles. The molecule has 0 aliphatic rings. The highest BCUT2D eigenvalue weighted by atomic mass is 79.9. The summed E-state index contributed by atoms with van der Waals surface area (Å²) in [6.45, 7) is 4.65. The zero-order valence-electron chi connectivity index (χ0n) is 8.37. The second-order valence-corrected chi connectivity index (χ2v) is 4.43. The molecule has 0 bridgehead atoms. The first-order chi connectivity index (χ1) is 6.59. The van der Waals surface area contributed by atoms with Gasteiger partial charge in [-0.2, -0.15) is 0 Å². The van der Waals surface area contributed by atoms with Gasteiger partial charge < -0.3 is 10.4 Å². The van der Waals surface area contributed by atoms with Gasteiger partial charge in [0, 0.05) is 35.0 Å². The van der Waals surface area contributed by atoms with Crippen LogP contribution in [0.25, 0.3) is 0 Å². The number of aliphatic hydroxyl groups excluding tert-OH is 1. The monoisotopic (exact) mass is 258 g/mol. The minimum atomic E-state index is -0.498. The lowest BCUT2D eigenvalue weighted by Crippen LogP contribution is -2.27. The Bertz CT molecular complexity index is 291. The Morgan fingerprint density at radius 1 is 1.50 bits per heavy atom. The highest BCUT2D eigenvalue weighted by molar-refractivity contribution is 9.10. The number of nitrogens with zero attached hydrogens (tertiary/aromatic N) is 1. The van der Waals surface area contributed by atoms with Crippen molar-refractivity contribution >= 4 is 15.9 Å². The van der Waals surface area contributed by atoms with Crippen LogP contribution in [0.2, 0.25) is 0 Å². The van der Waals surface area contributed by atoms with Crippen LogP contribution in [0.1, 0.15) is 25.5 Å². The molecule has 1 rings (SSSR count). The van der Waals surface area contributed by atoms with Crippen LogP contribution in [0.5, 0.6) is 0 Å². The van der Waals surface area contributed by atoms with Crippen LogP contribution in [0.4, 0.5) is 0 Å². The standard InChI is InChI=1S/C10H15BrN2O/c1-7(2)13-6-10(14)8-3-9(11)5-12-4-8/h3-5,7,10,13-14H,6H2,1-2H3. The lowest BCUT2D eigenvalue weighted by molar-refractivity contribution is 0.171. The van der Waals surface area contributed by atoms with Crippen molar-refractivity contribution < 1.29 is 5.11 Å². The van der Waals surface area contributed by atoms with E-state index >= 15 is 0 Å². The number of rotatable bonds is 4. The van der Waals surface area contributed by atoms with Gasteiger partial charge in [0.15, 0.2) is 0 Å². The van der Waals surface area contributed by atoms with Crippen molar-refractivity contribution in [3.05, 3.63) is 28.5 Å². The van der Waals surface area contributed by atoms with Gasteiger partial charge in [-0.1, -0.05) is 13.8 Å². The Labute approximate surface area is 92.7 Å². The van der Waals surface area contributed by atoms with Crippen LogP contribution in [-0.2, 0) is 0 Å². The SMILES string of the molecule is CC(C)NCC(O)c1cncc(Br)c1. The Kier molecular flexibility index (Phi) is 4.51. The molecule has 3 nitrogen and oxygen atoms in total. The summed E-state index contributed by atoms with van der Waals surface area (Å²) >= 11 is 3.32. The van der Waals surface area contributed by atoms with Crippen molar-refractivity contribution in [2.24, 2.45) is 0 Å². The van der Waals surface area contributed by atoms with Gasteiger partial charge in [-0.05, 0) is 22.0 Å². The first-order valence-corrected chi connectivity index (χ1v) is 5.41. The molecule has 1 aromatic rings. The Hall–Kier alpha value is -0.450.